The molecule has 0 radical (unpaired) electrons. The van der Waals surface area contributed by atoms with Crippen LogP contribution >= 0.6 is 0 Å². The molecule has 1 saturated carbocycles. The summed E-state index contributed by atoms with van der Waals surface area (Å²) in [7, 11) is 2.42. The molecule has 1 nitrogen and oxygen atoms in total. The summed E-state index contributed by atoms with van der Waals surface area (Å²) < 4.78 is 1.29. The fourth-order valence-corrected chi connectivity index (χ4v) is 3.33. The van der Waals surface area contributed by atoms with E-state index in [0.717, 1.165) is 12.0 Å². The first-order valence-corrected chi connectivity index (χ1v) is 5.09. The minimum atomic E-state index is 0. The molecule has 0 aromatic heterocycles. The van der Waals surface area contributed by atoms with Crippen LogP contribution in [0.5, 0.6) is 0 Å². The molecule has 3 unspecified atom stereocenters. The Morgan fingerprint density at radius 2 is 2.15 bits per heavy atom. The van der Waals surface area contributed by atoms with Gasteiger partial charge in [0.2, 0.25) is 0 Å². The van der Waals surface area contributed by atoms with Crippen molar-refractivity contribution in [1.82, 2.24) is 0 Å². The fourth-order valence-electron chi connectivity index (χ4n) is 3.33. The highest BCUT2D eigenvalue weighted by atomic mass is 79.9. The van der Waals surface area contributed by atoms with Crippen molar-refractivity contribution in [2.75, 3.05) is 20.1 Å². The first kappa shape index (κ1) is 11.3. The van der Waals surface area contributed by atoms with E-state index < -0.39 is 0 Å². The van der Waals surface area contributed by atoms with Crippen molar-refractivity contribution in [3.63, 3.8) is 0 Å². The Kier molecular flexibility index (Phi) is 3.24. The van der Waals surface area contributed by atoms with Gasteiger partial charge in [-0.3, -0.25) is 0 Å². The summed E-state index contributed by atoms with van der Waals surface area (Å²) in [6.45, 7) is 8.82. The van der Waals surface area contributed by atoms with E-state index >= 15 is 0 Å². The summed E-state index contributed by atoms with van der Waals surface area (Å²) in [6.07, 6.45) is 4.45. The van der Waals surface area contributed by atoms with Gasteiger partial charge in [-0.1, -0.05) is 6.58 Å². The highest BCUT2D eigenvalue weighted by molar-refractivity contribution is 4.92. The number of piperidine rings is 1. The van der Waals surface area contributed by atoms with Crippen molar-refractivity contribution in [1.29, 1.82) is 0 Å². The van der Waals surface area contributed by atoms with Gasteiger partial charge in [-0.05, 0) is 25.3 Å². The average Bonchev–Trinajstić information content (AvgIpc) is 2.42. The summed E-state index contributed by atoms with van der Waals surface area (Å²) in [5.41, 5.74) is 1.35. The predicted octanol–water partition coefficient (Wildman–Crippen LogP) is -0.805. The molecule has 2 bridgehead atoms. The third-order valence-electron chi connectivity index (χ3n) is 3.70. The summed E-state index contributed by atoms with van der Waals surface area (Å²) >= 11 is 0. The Bertz CT molecular complexity index is 214. The third kappa shape index (κ3) is 1.99. The Morgan fingerprint density at radius 3 is 2.54 bits per heavy atom. The summed E-state index contributed by atoms with van der Waals surface area (Å²) in [6, 6.07) is 0.965. The van der Waals surface area contributed by atoms with Crippen LogP contribution in [0.4, 0.5) is 0 Å². The minimum Gasteiger partial charge on any atom is -1.00 e. The maximum absolute atomic E-state index is 4.03. The molecular formula is C11H20BrN. The molecule has 2 aliphatic rings. The highest BCUT2D eigenvalue weighted by Gasteiger charge is 2.47. The number of nitrogens with zero attached hydrogens (tertiary/aromatic N) is 1. The maximum Gasteiger partial charge on any atom is 0.0998 e. The molecule has 3 atom stereocenters. The molecule has 0 spiro atoms. The van der Waals surface area contributed by atoms with E-state index in [1.807, 2.05) is 0 Å². The van der Waals surface area contributed by atoms with Gasteiger partial charge in [0.05, 0.1) is 26.2 Å². The SMILES string of the molecule is C=C(C)C[N+]1(C)CC2CCC1C2.[Br-]. The maximum atomic E-state index is 4.03. The molecule has 2 rings (SSSR count). The van der Waals surface area contributed by atoms with Crippen LogP contribution in [0.2, 0.25) is 0 Å². The van der Waals surface area contributed by atoms with Crippen LogP contribution in [0.1, 0.15) is 26.2 Å². The van der Waals surface area contributed by atoms with Gasteiger partial charge in [0, 0.05) is 12.3 Å². The molecule has 0 aromatic rings. The first-order valence-electron chi connectivity index (χ1n) is 5.09. The van der Waals surface area contributed by atoms with Crippen molar-refractivity contribution >= 4 is 0 Å². The van der Waals surface area contributed by atoms with E-state index in [1.165, 1.54) is 42.4 Å². The number of likely N-dealkylation sites (N-methyl/N-ethyl adjacent to an activating group) is 1. The molecule has 0 N–H and O–H groups in total. The van der Waals surface area contributed by atoms with Crippen LogP contribution in [-0.4, -0.2) is 30.7 Å². The van der Waals surface area contributed by atoms with Crippen LogP contribution in [0, 0.1) is 5.92 Å². The molecule has 13 heavy (non-hydrogen) atoms. The van der Waals surface area contributed by atoms with Gasteiger partial charge in [-0.2, -0.15) is 0 Å². The number of hydrogen-bond acceptors (Lipinski definition) is 0. The second-order valence-electron chi connectivity index (χ2n) is 5.11. The lowest BCUT2D eigenvalue weighted by molar-refractivity contribution is -0.921. The number of hydrogen-bond donors (Lipinski definition) is 0. The van der Waals surface area contributed by atoms with E-state index in [-0.39, 0.29) is 17.0 Å². The van der Waals surface area contributed by atoms with Gasteiger partial charge >= 0.3 is 0 Å². The second-order valence-corrected chi connectivity index (χ2v) is 5.11. The van der Waals surface area contributed by atoms with Crippen molar-refractivity contribution in [3.8, 4) is 0 Å². The smallest absolute Gasteiger partial charge is 0.0998 e. The lowest BCUT2D eigenvalue weighted by Crippen LogP contribution is -3.00. The molecule has 2 fully saturated rings. The zero-order valence-corrected chi connectivity index (χ0v) is 10.3. The zero-order valence-electron chi connectivity index (χ0n) is 8.72. The summed E-state index contributed by atoms with van der Waals surface area (Å²) in [5, 5.41) is 0. The average molecular weight is 246 g/mol. The lowest BCUT2D eigenvalue weighted by Gasteiger charge is -2.38. The predicted molar refractivity (Wildman–Crippen MR) is 51.9 cm³/mol. The number of quaternary nitrogens is 1. The standard InChI is InChI=1S/C11H20N.BrH/c1-9(2)7-12(3)8-10-4-5-11(12)6-10;/h10-11H,1,4-8H2,2-3H3;1H/q+1;/p-1. The van der Waals surface area contributed by atoms with Gasteiger partial charge in [-0.15, -0.1) is 0 Å². The molecular weight excluding hydrogens is 226 g/mol. The number of halogens is 1. The van der Waals surface area contributed by atoms with Crippen molar-refractivity contribution < 1.29 is 21.5 Å². The Balaban J connectivity index is 0.000000845. The molecule has 76 valence electrons. The van der Waals surface area contributed by atoms with Gasteiger partial charge < -0.3 is 21.5 Å². The molecule has 0 aromatic carbocycles. The molecule has 0 amide bonds. The molecule has 1 aliphatic carbocycles. The van der Waals surface area contributed by atoms with Gasteiger partial charge in [0.1, 0.15) is 0 Å². The van der Waals surface area contributed by atoms with Crippen molar-refractivity contribution in [2.24, 2.45) is 5.92 Å². The number of rotatable bonds is 2. The van der Waals surface area contributed by atoms with Crippen LogP contribution in [0.25, 0.3) is 0 Å². The minimum absolute atomic E-state index is 0. The molecule has 1 heterocycles. The molecule has 1 aliphatic heterocycles. The number of likely N-dealkylation sites (tertiary alicyclic amines) is 1. The Morgan fingerprint density at radius 1 is 1.46 bits per heavy atom. The summed E-state index contributed by atoms with van der Waals surface area (Å²) in [4.78, 5) is 0. The fraction of sp³-hybridized carbons (Fsp3) is 0.818. The van der Waals surface area contributed by atoms with E-state index in [4.69, 9.17) is 0 Å². The van der Waals surface area contributed by atoms with Crippen molar-refractivity contribution in [2.45, 2.75) is 32.2 Å². The summed E-state index contributed by atoms with van der Waals surface area (Å²) in [5.74, 6) is 1.04. The topological polar surface area (TPSA) is 0 Å². The number of fused-ring (bicyclic) bond motifs is 2. The highest BCUT2D eigenvalue weighted by Crippen LogP contribution is 2.41. The Hall–Kier alpha value is 0.180. The van der Waals surface area contributed by atoms with Crippen LogP contribution in [-0.2, 0) is 0 Å². The van der Waals surface area contributed by atoms with E-state index in [0.29, 0.717) is 0 Å². The first-order chi connectivity index (χ1) is 5.60. The van der Waals surface area contributed by atoms with E-state index in [9.17, 15) is 0 Å². The zero-order chi connectivity index (χ0) is 8.77. The Labute approximate surface area is 92.2 Å². The van der Waals surface area contributed by atoms with Crippen LogP contribution in [0.3, 0.4) is 0 Å². The van der Waals surface area contributed by atoms with Crippen LogP contribution < -0.4 is 17.0 Å². The monoisotopic (exact) mass is 245 g/mol. The third-order valence-corrected chi connectivity index (χ3v) is 3.70. The van der Waals surface area contributed by atoms with Gasteiger partial charge in [-0.25, -0.2) is 0 Å². The molecule has 2 heteroatoms. The van der Waals surface area contributed by atoms with Crippen LogP contribution in [0.15, 0.2) is 12.2 Å². The largest absolute Gasteiger partial charge is 1.00 e. The van der Waals surface area contributed by atoms with Gasteiger partial charge in [0.25, 0.3) is 0 Å². The van der Waals surface area contributed by atoms with Gasteiger partial charge in [0.15, 0.2) is 0 Å². The molecule has 1 saturated heterocycles. The normalized spacial score (nSPS) is 41.7. The quantitative estimate of drug-likeness (QED) is 0.442. The lowest BCUT2D eigenvalue weighted by atomic mass is 10.1. The second kappa shape index (κ2) is 3.74. The van der Waals surface area contributed by atoms with E-state index in [2.05, 4.69) is 20.6 Å². The van der Waals surface area contributed by atoms with Crippen molar-refractivity contribution in [3.05, 3.63) is 12.2 Å². The van der Waals surface area contributed by atoms with E-state index in [1.54, 1.807) is 0 Å².